The number of carbonyl (C=O) groups is 2. The van der Waals surface area contributed by atoms with Gasteiger partial charge in [-0.05, 0) is 34.5 Å². The van der Waals surface area contributed by atoms with Crippen LogP contribution in [0.15, 0.2) is 89.8 Å². The fourth-order valence-electron chi connectivity index (χ4n) is 5.50. The van der Waals surface area contributed by atoms with Gasteiger partial charge < -0.3 is 23.7 Å². The van der Waals surface area contributed by atoms with E-state index in [1.807, 2.05) is 67.6 Å². The second-order valence-corrected chi connectivity index (χ2v) is 17.1. The summed E-state index contributed by atoms with van der Waals surface area (Å²) in [6, 6.07) is 28.2. The van der Waals surface area contributed by atoms with E-state index in [4.69, 9.17) is 18.6 Å². The maximum Gasteiger partial charge on any atom is 0.303 e. The quantitative estimate of drug-likeness (QED) is 0.278. The van der Waals surface area contributed by atoms with Crippen molar-refractivity contribution >= 4 is 42.4 Å². The molecule has 0 amide bonds. The summed E-state index contributed by atoms with van der Waals surface area (Å²) in [5, 5.41) is 13.4. The van der Waals surface area contributed by atoms with Gasteiger partial charge in [0.25, 0.3) is 8.32 Å². The molecule has 0 saturated carbocycles. The largest absolute Gasteiger partial charge is 0.457 e. The van der Waals surface area contributed by atoms with E-state index >= 15 is 0 Å². The molecule has 0 unspecified atom stereocenters. The lowest BCUT2D eigenvalue weighted by Gasteiger charge is -2.46. The van der Waals surface area contributed by atoms with Gasteiger partial charge in [0.15, 0.2) is 12.2 Å². The molecule has 9 heteroatoms. The predicted molar refractivity (Wildman–Crippen MR) is 166 cm³/mol. The minimum atomic E-state index is -2.96. The molecule has 5 atom stereocenters. The molecule has 1 fully saturated rings. The fraction of sp³-hybridized carbons (Fsp3) is 0.394. The summed E-state index contributed by atoms with van der Waals surface area (Å²) in [7, 11) is -2.96. The van der Waals surface area contributed by atoms with Gasteiger partial charge in [0.1, 0.15) is 17.6 Å². The topological polar surface area (TPSA) is 91.3 Å². The zero-order valence-corrected chi connectivity index (χ0v) is 26.8. The summed E-state index contributed by atoms with van der Waals surface area (Å²) < 4.78 is 24.8. The molecule has 0 aliphatic carbocycles. The number of rotatable bonds is 9. The summed E-state index contributed by atoms with van der Waals surface area (Å²) >= 11 is 1.34. The second-order valence-electron chi connectivity index (χ2n) is 11.6. The first kappa shape index (κ1) is 32.0. The van der Waals surface area contributed by atoms with Crippen LogP contribution in [0.1, 0.15) is 40.2 Å². The van der Waals surface area contributed by atoms with Gasteiger partial charge in [-0.1, -0.05) is 111 Å². The van der Waals surface area contributed by atoms with Gasteiger partial charge in [0, 0.05) is 18.7 Å². The van der Waals surface area contributed by atoms with Gasteiger partial charge in [0.2, 0.25) is 0 Å². The summed E-state index contributed by atoms with van der Waals surface area (Å²) in [5.41, 5.74) is 0.332. The van der Waals surface area contributed by atoms with Crippen molar-refractivity contribution in [3.05, 3.63) is 90.5 Å². The Morgan fingerprint density at radius 1 is 0.833 bits per heavy atom. The van der Waals surface area contributed by atoms with E-state index in [1.165, 1.54) is 25.6 Å². The molecule has 224 valence electrons. The van der Waals surface area contributed by atoms with Gasteiger partial charge in [-0.3, -0.25) is 9.59 Å². The van der Waals surface area contributed by atoms with Crippen LogP contribution in [-0.2, 0) is 28.2 Å². The normalized spacial score (nSPS) is 22.8. The number of hydrogen-bond donors (Lipinski definition) is 1. The third-order valence-electron chi connectivity index (χ3n) is 7.38. The molecule has 3 aromatic rings. The van der Waals surface area contributed by atoms with Crippen LogP contribution in [0.4, 0.5) is 0 Å². The summed E-state index contributed by atoms with van der Waals surface area (Å²) in [6.07, 6.45) is -4.34. The van der Waals surface area contributed by atoms with Crippen molar-refractivity contribution in [1.29, 1.82) is 0 Å². The molecule has 1 aliphatic heterocycles. The van der Waals surface area contributed by atoms with Crippen molar-refractivity contribution in [1.82, 2.24) is 0 Å². The van der Waals surface area contributed by atoms with Crippen LogP contribution in [0.25, 0.3) is 0 Å². The van der Waals surface area contributed by atoms with Crippen LogP contribution in [0.2, 0.25) is 5.04 Å². The minimum absolute atomic E-state index is 0.0417. The number of aliphatic hydroxyl groups excluding tert-OH is 1. The predicted octanol–water partition coefficient (Wildman–Crippen LogP) is 4.61. The minimum Gasteiger partial charge on any atom is -0.457 e. The van der Waals surface area contributed by atoms with E-state index in [-0.39, 0.29) is 11.6 Å². The molecule has 1 N–H and O–H groups in total. The Bertz CT molecular complexity index is 1290. The molecule has 1 heterocycles. The monoisotopic (exact) mass is 608 g/mol. The number of thioether (sulfide) groups is 1. The van der Waals surface area contributed by atoms with Gasteiger partial charge in [-0.2, -0.15) is 0 Å². The Balaban J connectivity index is 1.74. The first-order valence-electron chi connectivity index (χ1n) is 14.1. The third kappa shape index (κ3) is 7.15. The van der Waals surface area contributed by atoms with E-state index in [0.29, 0.717) is 0 Å². The van der Waals surface area contributed by atoms with Gasteiger partial charge in [0.05, 0.1) is 6.61 Å². The highest BCUT2D eigenvalue weighted by molar-refractivity contribution is 7.99. The van der Waals surface area contributed by atoms with Crippen LogP contribution >= 0.6 is 11.8 Å². The molecule has 0 aromatic heterocycles. The highest BCUT2D eigenvalue weighted by Gasteiger charge is 2.53. The van der Waals surface area contributed by atoms with E-state index in [0.717, 1.165) is 20.8 Å². The zero-order chi connectivity index (χ0) is 30.5. The number of carbonyl (C=O) groups excluding carboxylic acids is 2. The summed E-state index contributed by atoms with van der Waals surface area (Å²) in [5.74, 6) is -1.15. The van der Waals surface area contributed by atoms with Crippen molar-refractivity contribution in [2.45, 2.75) is 81.3 Å². The van der Waals surface area contributed by atoms with Crippen LogP contribution in [0, 0.1) is 6.92 Å². The highest BCUT2D eigenvalue weighted by atomic mass is 32.2. The lowest BCUT2D eigenvalue weighted by Crippen LogP contribution is -2.68. The molecular weight excluding hydrogens is 569 g/mol. The third-order valence-corrected chi connectivity index (χ3v) is 13.5. The van der Waals surface area contributed by atoms with Crippen molar-refractivity contribution in [3.8, 4) is 0 Å². The first-order chi connectivity index (χ1) is 19.9. The molecule has 4 rings (SSSR count). The van der Waals surface area contributed by atoms with Crippen molar-refractivity contribution in [2.75, 3.05) is 6.61 Å². The standard InChI is InChI=1S/C33H40O7SSi/c1-22-17-19-25(20-18-22)41-32-31(39-24(3)35)29(36)30(38-23(2)34)28(40-32)21-37-42(33(4,5)6,26-13-9-7-10-14-26)27-15-11-8-12-16-27/h7-20,28-32,36H,21H2,1-6H3/t28-,29+,30+,31-,32+/m1/s1. The SMILES string of the molecule is CC(=O)O[C@@H]1[C@H](O)[C@@H](OC(C)=O)[C@H](Sc2ccc(C)cc2)O[C@@H]1CO[Si](c1ccccc1)(c1ccccc1)C(C)(C)C. The lowest BCUT2D eigenvalue weighted by atomic mass is 10.00. The van der Waals surface area contributed by atoms with Gasteiger partial charge in [-0.15, -0.1) is 0 Å². The molecule has 0 radical (unpaired) electrons. The van der Waals surface area contributed by atoms with Crippen molar-refractivity contribution in [3.63, 3.8) is 0 Å². The average Bonchev–Trinajstić information content (AvgIpc) is 2.94. The Hall–Kier alpha value is -2.95. The number of aliphatic hydroxyl groups is 1. The van der Waals surface area contributed by atoms with Crippen LogP contribution in [-0.4, -0.2) is 61.8 Å². The van der Waals surface area contributed by atoms with E-state index in [1.54, 1.807) is 0 Å². The lowest BCUT2D eigenvalue weighted by molar-refractivity contribution is -0.227. The molecule has 1 aliphatic rings. The zero-order valence-electron chi connectivity index (χ0n) is 25.0. The number of benzene rings is 3. The Labute approximate surface area is 253 Å². The van der Waals surface area contributed by atoms with Gasteiger partial charge >= 0.3 is 11.9 Å². The molecule has 0 bridgehead atoms. The Morgan fingerprint density at radius 2 is 1.33 bits per heavy atom. The maximum atomic E-state index is 12.2. The number of ether oxygens (including phenoxy) is 3. The molecule has 42 heavy (non-hydrogen) atoms. The number of hydrogen-bond acceptors (Lipinski definition) is 8. The molecule has 7 nitrogen and oxygen atoms in total. The van der Waals surface area contributed by atoms with Crippen LogP contribution < -0.4 is 10.4 Å². The molecule has 1 saturated heterocycles. The molecular formula is C33H40O7SSi. The van der Waals surface area contributed by atoms with E-state index in [9.17, 15) is 14.7 Å². The van der Waals surface area contributed by atoms with Crippen molar-refractivity contribution in [2.24, 2.45) is 0 Å². The fourth-order valence-corrected chi connectivity index (χ4v) is 11.2. The highest BCUT2D eigenvalue weighted by Crippen LogP contribution is 2.39. The van der Waals surface area contributed by atoms with Crippen molar-refractivity contribution < 1.29 is 33.3 Å². The smallest absolute Gasteiger partial charge is 0.303 e. The average molecular weight is 609 g/mol. The van der Waals surface area contributed by atoms with Crippen LogP contribution in [0.5, 0.6) is 0 Å². The number of aryl methyl sites for hydroxylation is 1. The summed E-state index contributed by atoms with van der Waals surface area (Å²) in [4.78, 5) is 25.2. The number of esters is 2. The first-order valence-corrected chi connectivity index (χ1v) is 16.9. The Morgan fingerprint density at radius 3 is 1.81 bits per heavy atom. The maximum absolute atomic E-state index is 12.2. The second kappa shape index (κ2) is 13.6. The molecule has 3 aromatic carbocycles. The van der Waals surface area contributed by atoms with Crippen LogP contribution in [0.3, 0.4) is 0 Å². The van der Waals surface area contributed by atoms with E-state index < -0.39 is 50.1 Å². The summed E-state index contributed by atoms with van der Waals surface area (Å²) in [6.45, 7) is 11.1. The van der Waals surface area contributed by atoms with Gasteiger partial charge in [-0.25, -0.2) is 0 Å². The van der Waals surface area contributed by atoms with E-state index in [2.05, 4.69) is 45.0 Å². The molecule has 0 spiro atoms. The Kier molecular flexibility index (Phi) is 10.3.